The van der Waals surface area contributed by atoms with Crippen molar-refractivity contribution in [2.75, 3.05) is 23.7 Å². The highest BCUT2D eigenvalue weighted by atomic mass is 32.2. The smallest absolute Gasteiger partial charge is 0.241 e. The van der Waals surface area contributed by atoms with Gasteiger partial charge in [-0.2, -0.15) is 0 Å². The first-order chi connectivity index (χ1) is 13.8. The quantitative estimate of drug-likeness (QED) is 0.642. The van der Waals surface area contributed by atoms with E-state index in [1.54, 1.807) is 24.3 Å². The number of aryl methyl sites for hydroxylation is 2. The number of nitrogens with one attached hydrogen (secondary N) is 1. The molecular formula is C22H30N2O4S. The van der Waals surface area contributed by atoms with Crippen molar-refractivity contribution in [2.45, 2.75) is 40.2 Å². The van der Waals surface area contributed by atoms with Crippen LogP contribution in [0.1, 0.15) is 37.5 Å². The van der Waals surface area contributed by atoms with Crippen molar-refractivity contribution in [2.24, 2.45) is 0 Å². The number of carbonyl (C=O) groups excluding carboxylic acids is 1. The van der Waals surface area contributed by atoms with E-state index in [0.29, 0.717) is 24.6 Å². The predicted molar refractivity (Wildman–Crippen MR) is 117 cm³/mol. The molecule has 0 atom stereocenters. The normalized spacial score (nSPS) is 11.2. The van der Waals surface area contributed by atoms with Gasteiger partial charge in [0, 0.05) is 12.6 Å². The van der Waals surface area contributed by atoms with Gasteiger partial charge < -0.3 is 10.1 Å². The average Bonchev–Trinajstić information content (AvgIpc) is 2.69. The molecule has 0 aliphatic carbocycles. The van der Waals surface area contributed by atoms with Crippen LogP contribution in [0.3, 0.4) is 0 Å². The molecule has 0 bridgehead atoms. The van der Waals surface area contributed by atoms with Crippen molar-refractivity contribution >= 4 is 21.6 Å². The minimum atomic E-state index is -3.63. The lowest BCUT2D eigenvalue weighted by Crippen LogP contribution is -2.40. The largest absolute Gasteiger partial charge is 0.494 e. The van der Waals surface area contributed by atoms with Crippen molar-refractivity contribution in [3.63, 3.8) is 0 Å². The summed E-state index contributed by atoms with van der Waals surface area (Å²) >= 11 is 0. The maximum Gasteiger partial charge on any atom is 0.241 e. The first-order valence-corrected chi connectivity index (χ1v) is 11.7. The summed E-state index contributed by atoms with van der Waals surface area (Å²) in [4.78, 5) is 12.6. The van der Waals surface area contributed by atoms with Crippen LogP contribution in [0.5, 0.6) is 5.75 Å². The summed E-state index contributed by atoms with van der Waals surface area (Å²) in [5.41, 5.74) is 3.84. The third-order valence-electron chi connectivity index (χ3n) is 4.64. The van der Waals surface area contributed by atoms with Gasteiger partial charge in [-0.3, -0.25) is 9.10 Å². The van der Waals surface area contributed by atoms with Crippen molar-refractivity contribution in [1.29, 1.82) is 0 Å². The molecule has 1 N–H and O–H groups in total. The van der Waals surface area contributed by atoms with E-state index in [1.165, 1.54) is 11.1 Å². The molecule has 0 spiro atoms. The van der Waals surface area contributed by atoms with Gasteiger partial charge in [-0.05, 0) is 48.6 Å². The lowest BCUT2D eigenvalue weighted by atomic mass is 10.0. The number of ether oxygens (including phenoxy) is 1. The van der Waals surface area contributed by atoms with Gasteiger partial charge in [0.15, 0.2) is 0 Å². The van der Waals surface area contributed by atoms with E-state index in [1.807, 2.05) is 6.92 Å². The van der Waals surface area contributed by atoms with Crippen molar-refractivity contribution in [3.05, 3.63) is 59.2 Å². The van der Waals surface area contributed by atoms with Gasteiger partial charge in [0.2, 0.25) is 15.9 Å². The van der Waals surface area contributed by atoms with Crippen molar-refractivity contribution < 1.29 is 17.9 Å². The Labute approximate surface area is 173 Å². The van der Waals surface area contributed by atoms with Gasteiger partial charge in [-0.1, -0.05) is 38.1 Å². The number of benzene rings is 2. The average molecular weight is 419 g/mol. The highest BCUT2D eigenvalue weighted by Gasteiger charge is 2.21. The highest BCUT2D eigenvalue weighted by molar-refractivity contribution is 7.92. The van der Waals surface area contributed by atoms with E-state index in [2.05, 4.69) is 37.4 Å². The molecular weight excluding hydrogens is 388 g/mol. The monoisotopic (exact) mass is 418 g/mol. The number of nitrogens with zero attached hydrogens (tertiary/aromatic N) is 1. The van der Waals surface area contributed by atoms with Crippen LogP contribution in [0.15, 0.2) is 42.5 Å². The molecule has 158 valence electrons. The SMILES string of the molecule is CCOc1cccc(N(CC(=O)NCc2cc(CC)ccc2CC)S(C)(=O)=O)c1. The topological polar surface area (TPSA) is 75.7 Å². The van der Waals surface area contributed by atoms with Gasteiger partial charge in [0.05, 0.1) is 18.6 Å². The molecule has 7 heteroatoms. The van der Waals surface area contributed by atoms with Crippen LogP contribution < -0.4 is 14.4 Å². The molecule has 0 aromatic heterocycles. The summed E-state index contributed by atoms with van der Waals surface area (Å²) in [6.45, 7) is 6.56. The second-order valence-electron chi connectivity index (χ2n) is 6.79. The Bertz CT molecular complexity index is 942. The number of hydrogen-bond donors (Lipinski definition) is 1. The van der Waals surface area contributed by atoms with Crippen LogP contribution in [0.4, 0.5) is 5.69 Å². The molecule has 0 heterocycles. The molecule has 0 fully saturated rings. The molecule has 0 saturated heterocycles. The fourth-order valence-electron chi connectivity index (χ4n) is 3.08. The van der Waals surface area contributed by atoms with Crippen LogP contribution in [0.25, 0.3) is 0 Å². The van der Waals surface area contributed by atoms with E-state index in [9.17, 15) is 13.2 Å². The molecule has 6 nitrogen and oxygen atoms in total. The first kappa shape index (κ1) is 22.7. The standard InChI is InChI=1S/C22H30N2O4S/c1-5-17-11-12-18(6-2)19(13-17)15-23-22(25)16-24(29(4,26)27)20-9-8-10-21(14-20)28-7-3/h8-14H,5-7,15-16H2,1-4H3,(H,23,25). The molecule has 2 aromatic carbocycles. The molecule has 2 aromatic rings. The van der Waals surface area contributed by atoms with Gasteiger partial charge >= 0.3 is 0 Å². The van der Waals surface area contributed by atoms with E-state index < -0.39 is 10.0 Å². The fraction of sp³-hybridized carbons (Fsp3) is 0.409. The predicted octanol–water partition coefficient (Wildman–Crippen LogP) is 3.29. The summed E-state index contributed by atoms with van der Waals surface area (Å²) in [7, 11) is -3.63. The van der Waals surface area contributed by atoms with Crippen LogP contribution in [-0.2, 0) is 34.2 Å². The summed E-state index contributed by atoms with van der Waals surface area (Å²) in [5.74, 6) is 0.198. The molecule has 29 heavy (non-hydrogen) atoms. The second-order valence-corrected chi connectivity index (χ2v) is 8.69. The van der Waals surface area contributed by atoms with Crippen LogP contribution >= 0.6 is 0 Å². The lowest BCUT2D eigenvalue weighted by molar-refractivity contribution is -0.119. The van der Waals surface area contributed by atoms with E-state index in [-0.39, 0.29) is 12.5 Å². The summed E-state index contributed by atoms with van der Waals surface area (Å²) < 4.78 is 31.1. The summed E-state index contributed by atoms with van der Waals surface area (Å²) in [5, 5.41) is 2.86. The Kier molecular flexibility index (Phi) is 8.08. The number of hydrogen-bond acceptors (Lipinski definition) is 4. The van der Waals surface area contributed by atoms with Crippen molar-refractivity contribution in [3.8, 4) is 5.75 Å². The zero-order chi connectivity index (χ0) is 21.4. The molecule has 1 amide bonds. The number of anilines is 1. The maximum absolute atomic E-state index is 12.6. The van der Waals surface area contributed by atoms with E-state index in [0.717, 1.165) is 29.0 Å². The highest BCUT2D eigenvalue weighted by Crippen LogP contribution is 2.23. The number of carbonyl (C=O) groups is 1. The fourth-order valence-corrected chi connectivity index (χ4v) is 3.93. The van der Waals surface area contributed by atoms with Gasteiger partial charge in [-0.15, -0.1) is 0 Å². The Morgan fingerprint density at radius 1 is 1.03 bits per heavy atom. The lowest BCUT2D eigenvalue weighted by Gasteiger charge is -2.22. The Morgan fingerprint density at radius 2 is 1.79 bits per heavy atom. The first-order valence-electron chi connectivity index (χ1n) is 9.86. The third kappa shape index (κ3) is 6.49. The molecule has 0 aliphatic rings. The molecule has 2 rings (SSSR count). The number of sulfonamides is 1. The summed E-state index contributed by atoms with van der Waals surface area (Å²) in [6, 6.07) is 13.0. The van der Waals surface area contributed by atoms with Crippen LogP contribution in [0.2, 0.25) is 0 Å². The van der Waals surface area contributed by atoms with Crippen molar-refractivity contribution in [1.82, 2.24) is 5.32 Å². The number of amides is 1. The summed E-state index contributed by atoms with van der Waals surface area (Å²) in [6.07, 6.45) is 2.88. The Balaban J connectivity index is 2.15. The van der Waals surface area contributed by atoms with Crippen LogP contribution in [-0.4, -0.2) is 33.7 Å². The van der Waals surface area contributed by atoms with Gasteiger partial charge in [0.25, 0.3) is 0 Å². The Morgan fingerprint density at radius 3 is 2.41 bits per heavy atom. The zero-order valence-electron chi connectivity index (χ0n) is 17.6. The maximum atomic E-state index is 12.6. The zero-order valence-corrected chi connectivity index (χ0v) is 18.4. The number of rotatable bonds is 10. The minimum absolute atomic E-state index is 0.288. The molecule has 0 unspecified atom stereocenters. The van der Waals surface area contributed by atoms with E-state index >= 15 is 0 Å². The van der Waals surface area contributed by atoms with Crippen LogP contribution in [0, 0.1) is 0 Å². The molecule has 0 saturated carbocycles. The third-order valence-corrected chi connectivity index (χ3v) is 5.78. The molecule has 0 radical (unpaired) electrons. The second kappa shape index (κ2) is 10.3. The van der Waals surface area contributed by atoms with Gasteiger partial charge in [0.1, 0.15) is 12.3 Å². The Hall–Kier alpha value is -2.54. The minimum Gasteiger partial charge on any atom is -0.494 e. The van der Waals surface area contributed by atoms with Gasteiger partial charge in [-0.25, -0.2) is 8.42 Å². The molecule has 0 aliphatic heterocycles. The van der Waals surface area contributed by atoms with E-state index in [4.69, 9.17) is 4.74 Å².